The largest absolute Gasteiger partial charge is 0.494 e. The van der Waals surface area contributed by atoms with E-state index in [1.807, 2.05) is 24.3 Å². The van der Waals surface area contributed by atoms with Crippen molar-refractivity contribution in [3.8, 4) is 5.75 Å². The van der Waals surface area contributed by atoms with Crippen LogP contribution in [0.15, 0.2) is 53.4 Å². The highest BCUT2D eigenvalue weighted by Crippen LogP contribution is 2.15. The molecule has 112 valence electrons. The Bertz CT molecular complexity index is 619. The molecule has 0 aliphatic rings. The van der Waals surface area contributed by atoms with Gasteiger partial charge in [-0.3, -0.25) is 4.21 Å². The predicted octanol–water partition coefficient (Wildman–Crippen LogP) is 2.86. The third kappa shape index (κ3) is 4.65. The summed E-state index contributed by atoms with van der Waals surface area (Å²) < 4.78 is 31.0. The van der Waals surface area contributed by atoms with Gasteiger partial charge in [-0.05, 0) is 36.2 Å². The van der Waals surface area contributed by atoms with E-state index in [9.17, 15) is 8.60 Å². The topological polar surface area (TPSA) is 52.3 Å². The average Bonchev–Trinajstić information content (AvgIpc) is 2.52. The first-order valence-corrected chi connectivity index (χ1v) is 8.07. The Morgan fingerprint density at radius 3 is 2.71 bits per heavy atom. The van der Waals surface area contributed by atoms with E-state index >= 15 is 0 Å². The minimum absolute atomic E-state index is 0.252. The van der Waals surface area contributed by atoms with Crippen LogP contribution in [0, 0.1) is 5.82 Å². The molecule has 2 N–H and O–H groups in total. The number of nitrogens with two attached hydrogens (primary N) is 1. The molecule has 0 heterocycles. The van der Waals surface area contributed by atoms with E-state index in [1.165, 1.54) is 6.07 Å². The molecule has 0 aliphatic heterocycles. The molecule has 2 rings (SSSR count). The monoisotopic (exact) mass is 307 g/mol. The molecule has 0 fully saturated rings. The van der Waals surface area contributed by atoms with Crippen LogP contribution in [-0.2, 0) is 17.3 Å². The van der Waals surface area contributed by atoms with Gasteiger partial charge in [-0.15, -0.1) is 0 Å². The maximum absolute atomic E-state index is 13.5. The van der Waals surface area contributed by atoms with Crippen LogP contribution in [0.3, 0.4) is 0 Å². The molecule has 0 saturated heterocycles. The quantitative estimate of drug-likeness (QED) is 0.800. The molecular weight excluding hydrogens is 289 g/mol. The van der Waals surface area contributed by atoms with Crippen molar-refractivity contribution in [1.82, 2.24) is 0 Å². The van der Waals surface area contributed by atoms with Crippen molar-refractivity contribution in [2.24, 2.45) is 5.73 Å². The molecule has 0 aromatic heterocycles. The Balaban J connectivity index is 1.79. The van der Waals surface area contributed by atoms with Crippen molar-refractivity contribution < 1.29 is 13.3 Å². The van der Waals surface area contributed by atoms with Gasteiger partial charge in [0.15, 0.2) is 0 Å². The first-order chi connectivity index (χ1) is 10.2. The molecule has 3 nitrogen and oxygen atoms in total. The average molecular weight is 307 g/mol. The summed E-state index contributed by atoms with van der Waals surface area (Å²) in [5.74, 6) is 0.694. The van der Waals surface area contributed by atoms with E-state index < -0.39 is 16.6 Å². The summed E-state index contributed by atoms with van der Waals surface area (Å²) in [4.78, 5) is 0.252. The van der Waals surface area contributed by atoms with Crippen LogP contribution in [0.2, 0.25) is 0 Å². The van der Waals surface area contributed by atoms with Crippen LogP contribution in [0.5, 0.6) is 5.75 Å². The minimum Gasteiger partial charge on any atom is -0.494 e. The summed E-state index contributed by atoms with van der Waals surface area (Å²) in [7, 11) is -1.33. The summed E-state index contributed by atoms with van der Waals surface area (Å²) in [6, 6.07) is 13.7. The van der Waals surface area contributed by atoms with Crippen molar-refractivity contribution >= 4 is 10.8 Å². The zero-order chi connectivity index (χ0) is 15.1. The maximum atomic E-state index is 13.5. The summed E-state index contributed by atoms with van der Waals surface area (Å²) in [6.45, 7) is 0.905. The summed E-state index contributed by atoms with van der Waals surface area (Å²) in [5.41, 5.74) is 6.56. The Morgan fingerprint density at radius 2 is 1.95 bits per heavy atom. The van der Waals surface area contributed by atoms with Gasteiger partial charge in [0.05, 0.1) is 22.3 Å². The van der Waals surface area contributed by atoms with Crippen LogP contribution in [0.25, 0.3) is 0 Å². The Hall–Kier alpha value is -1.72. The second kappa shape index (κ2) is 7.90. The normalized spacial score (nSPS) is 12.1. The molecule has 0 radical (unpaired) electrons. The Morgan fingerprint density at radius 1 is 1.14 bits per heavy atom. The van der Waals surface area contributed by atoms with Gasteiger partial charge in [0.2, 0.25) is 0 Å². The molecule has 0 bridgehead atoms. The van der Waals surface area contributed by atoms with E-state index in [2.05, 4.69) is 0 Å². The van der Waals surface area contributed by atoms with E-state index in [1.54, 1.807) is 18.2 Å². The second-order valence-electron chi connectivity index (χ2n) is 4.53. The number of halogens is 1. The van der Waals surface area contributed by atoms with Crippen LogP contribution in [0.1, 0.15) is 12.0 Å². The molecule has 1 unspecified atom stereocenters. The van der Waals surface area contributed by atoms with Gasteiger partial charge in [0, 0.05) is 12.3 Å². The number of ether oxygens (including phenoxy) is 1. The van der Waals surface area contributed by atoms with Gasteiger partial charge in [0.1, 0.15) is 11.6 Å². The van der Waals surface area contributed by atoms with E-state index in [0.29, 0.717) is 25.3 Å². The summed E-state index contributed by atoms with van der Waals surface area (Å²) in [5, 5.41) is 0. The van der Waals surface area contributed by atoms with E-state index in [4.69, 9.17) is 10.5 Å². The first-order valence-electron chi connectivity index (χ1n) is 6.75. The van der Waals surface area contributed by atoms with Gasteiger partial charge in [-0.25, -0.2) is 4.39 Å². The van der Waals surface area contributed by atoms with Gasteiger partial charge in [-0.2, -0.15) is 0 Å². The van der Waals surface area contributed by atoms with Gasteiger partial charge in [0.25, 0.3) is 0 Å². The van der Waals surface area contributed by atoms with Crippen LogP contribution in [0.4, 0.5) is 4.39 Å². The Kier molecular flexibility index (Phi) is 5.90. The van der Waals surface area contributed by atoms with Gasteiger partial charge in [-0.1, -0.05) is 24.3 Å². The fraction of sp³-hybridized carbons (Fsp3) is 0.250. The molecule has 1 atom stereocenters. The molecule has 5 heteroatoms. The molecule has 0 spiro atoms. The first kappa shape index (κ1) is 15.7. The fourth-order valence-corrected chi connectivity index (χ4v) is 3.00. The van der Waals surface area contributed by atoms with Crippen molar-refractivity contribution in [2.45, 2.75) is 17.9 Å². The standard InChI is InChI=1S/C16H18FNO2S/c17-15-7-1-2-8-16(15)21(19)10-4-9-20-14-6-3-5-13(11-14)12-18/h1-3,5-8,11H,4,9-10,12,18H2. The predicted molar refractivity (Wildman–Crippen MR) is 82.1 cm³/mol. The van der Waals surface area contributed by atoms with E-state index in [-0.39, 0.29) is 4.90 Å². The lowest BCUT2D eigenvalue weighted by Crippen LogP contribution is -2.06. The molecule has 0 aliphatic carbocycles. The highest BCUT2D eigenvalue weighted by atomic mass is 32.2. The molecule has 0 saturated carbocycles. The third-order valence-electron chi connectivity index (χ3n) is 2.96. The van der Waals surface area contributed by atoms with Crippen molar-refractivity contribution in [2.75, 3.05) is 12.4 Å². The number of benzene rings is 2. The Labute approximate surface area is 126 Å². The highest BCUT2D eigenvalue weighted by molar-refractivity contribution is 7.85. The number of hydrogen-bond acceptors (Lipinski definition) is 3. The molecule has 2 aromatic rings. The minimum atomic E-state index is -1.33. The maximum Gasteiger partial charge on any atom is 0.139 e. The van der Waals surface area contributed by atoms with Crippen LogP contribution < -0.4 is 10.5 Å². The van der Waals surface area contributed by atoms with Crippen LogP contribution in [-0.4, -0.2) is 16.6 Å². The number of hydrogen-bond donors (Lipinski definition) is 1. The molecule has 21 heavy (non-hydrogen) atoms. The van der Waals surface area contributed by atoms with Crippen LogP contribution >= 0.6 is 0 Å². The summed E-state index contributed by atoms with van der Waals surface area (Å²) in [6.07, 6.45) is 0.591. The van der Waals surface area contributed by atoms with Gasteiger partial charge >= 0.3 is 0 Å². The zero-order valence-electron chi connectivity index (χ0n) is 11.6. The molecular formula is C16H18FNO2S. The fourth-order valence-electron chi connectivity index (χ4n) is 1.88. The lowest BCUT2D eigenvalue weighted by Gasteiger charge is -2.07. The second-order valence-corrected chi connectivity index (χ2v) is 6.07. The lowest BCUT2D eigenvalue weighted by atomic mass is 10.2. The smallest absolute Gasteiger partial charge is 0.139 e. The third-order valence-corrected chi connectivity index (χ3v) is 4.44. The zero-order valence-corrected chi connectivity index (χ0v) is 12.4. The van der Waals surface area contributed by atoms with Gasteiger partial charge < -0.3 is 10.5 Å². The summed E-state index contributed by atoms with van der Waals surface area (Å²) >= 11 is 0. The SMILES string of the molecule is NCc1cccc(OCCCS(=O)c2ccccc2F)c1. The van der Waals surface area contributed by atoms with E-state index in [0.717, 1.165) is 11.3 Å². The van der Waals surface area contributed by atoms with Crippen molar-refractivity contribution in [1.29, 1.82) is 0 Å². The number of rotatable bonds is 7. The highest BCUT2D eigenvalue weighted by Gasteiger charge is 2.08. The van der Waals surface area contributed by atoms with Crippen molar-refractivity contribution in [3.63, 3.8) is 0 Å². The molecule has 0 amide bonds. The lowest BCUT2D eigenvalue weighted by molar-refractivity contribution is 0.318. The van der Waals surface area contributed by atoms with Crippen molar-refractivity contribution in [3.05, 3.63) is 59.9 Å². The molecule has 2 aromatic carbocycles.